The molecule has 1 heterocycles. The average Bonchev–Trinajstić information content (AvgIpc) is 2.54. The zero-order chi connectivity index (χ0) is 19.5. The van der Waals surface area contributed by atoms with E-state index in [1.807, 2.05) is 0 Å². The Bertz CT molecular complexity index is 747. The van der Waals surface area contributed by atoms with Crippen LogP contribution >= 0.6 is 11.6 Å². The van der Waals surface area contributed by atoms with Crippen LogP contribution in [0.1, 0.15) is 39.2 Å². The molecule has 1 fully saturated rings. The molecule has 146 valence electrons. The van der Waals surface area contributed by atoms with Gasteiger partial charge in [0.25, 0.3) is 0 Å². The van der Waals surface area contributed by atoms with Crippen molar-refractivity contribution < 1.29 is 17.9 Å². The second-order valence-electron chi connectivity index (χ2n) is 7.85. The number of halogens is 1. The van der Waals surface area contributed by atoms with Gasteiger partial charge in [0.1, 0.15) is 5.75 Å². The van der Waals surface area contributed by atoms with Gasteiger partial charge in [0.05, 0.1) is 24.0 Å². The first-order chi connectivity index (χ1) is 12.0. The molecule has 0 unspecified atom stereocenters. The van der Waals surface area contributed by atoms with E-state index in [2.05, 4.69) is 0 Å². The lowest BCUT2D eigenvalue weighted by Gasteiger charge is -2.33. The number of hydrogen-bond acceptors (Lipinski definition) is 4. The highest BCUT2D eigenvalue weighted by Gasteiger charge is 2.33. The minimum atomic E-state index is -3.13. The van der Waals surface area contributed by atoms with Crippen LogP contribution in [-0.4, -0.2) is 49.9 Å². The molecule has 0 radical (unpaired) electrons. The molecule has 0 aromatic heterocycles. The van der Waals surface area contributed by atoms with Crippen LogP contribution in [0.15, 0.2) is 18.2 Å². The van der Waals surface area contributed by atoms with Crippen LogP contribution in [0.5, 0.6) is 5.75 Å². The number of carbonyl (C=O) groups is 1. The summed E-state index contributed by atoms with van der Waals surface area (Å²) >= 11 is 6.02. The van der Waals surface area contributed by atoms with Crippen LogP contribution in [0.4, 0.5) is 0 Å². The zero-order valence-electron chi connectivity index (χ0n) is 15.9. The zero-order valence-corrected chi connectivity index (χ0v) is 17.5. The molecule has 1 amide bonds. The number of likely N-dealkylation sites (tertiary alicyclic amines) is 1. The highest BCUT2D eigenvalue weighted by molar-refractivity contribution is 7.92. The Hall–Kier alpha value is -1.27. The molecule has 26 heavy (non-hydrogen) atoms. The lowest BCUT2D eigenvalue weighted by Crippen LogP contribution is -2.42. The number of carbonyl (C=O) groups excluding carboxylic acids is 1. The number of piperidine rings is 1. The number of rotatable bonds is 5. The van der Waals surface area contributed by atoms with E-state index in [-0.39, 0.29) is 24.0 Å². The minimum absolute atomic E-state index is 0.0164. The average molecular weight is 402 g/mol. The third-order valence-electron chi connectivity index (χ3n) is 4.94. The summed E-state index contributed by atoms with van der Waals surface area (Å²) in [6.45, 7) is 6.39. The fourth-order valence-electron chi connectivity index (χ4n) is 3.07. The molecule has 7 heteroatoms. The standard InChI is InChI=1S/C19H28ClNO4S/c1-19(2,3)26(23,24)13-14-7-9-21(10-8-14)18(22)12-15-11-16(20)5-6-17(15)25-4/h5-6,11,14H,7-10,12-13H2,1-4H3. The number of amides is 1. The smallest absolute Gasteiger partial charge is 0.227 e. The predicted octanol–water partition coefficient (Wildman–Crippen LogP) is 3.34. The molecule has 0 aliphatic carbocycles. The van der Waals surface area contributed by atoms with Gasteiger partial charge in [-0.3, -0.25) is 4.79 Å². The van der Waals surface area contributed by atoms with Gasteiger partial charge in [-0.25, -0.2) is 8.42 Å². The van der Waals surface area contributed by atoms with E-state index in [4.69, 9.17) is 16.3 Å². The summed E-state index contributed by atoms with van der Waals surface area (Å²) in [6.07, 6.45) is 1.66. The molecule has 1 aromatic rings. The number of methoxy groups -OCH3 is 1. The summed E-state index contributed by atoms with van der Waals surface area (Å²) in [4.78, 5) is 14.4. The summed E-state index contributed by atoms with van der Waals surface area (Å²) in [5.74, 6) is 0.973. The Kier molecular flexibility index (Phi) is 6.61. The summed E-state index contributed by atoms with van der Waals surface area (Å²) in [5.41, 5.74) is 0.766. The normalized spacial score (nSPS) is 16.6. The van der Waals surface area contributed by atoms with Crippen LogP contribution in [0.2, 0.25) is 5.02 Å². The van der Waals surface area contributed by atoms with Gasteiger partial charge in [-0.05, 0) is 57.7 Å². The predicted molar refractivity (Wildman–Crippen MR) is 105 cm³/mol. The molecule has 2 rings (SSSR count). The van der Waals surface area contributed by atoms with E-state index in [0.717, 1.165) is 5.56 Å². The van der Waals surface area contributed by atoms with Crippen molar-refractivity contribution in [2.45, 2.75) is 44.8 Å². The number of nitrogens with zero attached hydrogens (tertiary/aromatic N) is 1. The van der Waals surface area contributed by atoms with E-state index in [9.17, 15) is 13.2 Å². The Morgan fingerprint density at radius 3 is 2.42 bits per heavy atom. The van der Waals surface area contributed by atoms with Crippen LogP contribution in [0.25, 0.3) is 0 Å². The Morgan fingerprint density at radius 2 is 1.88 bits per heavy atom. The maximum Gasteiger partial charge on any atom is 0.227 e. The van der Waals surface area contributed by atoms with Crippen LogP contribution in [-0.2, 0) is 21.1 Å². The molecule has 1 aliphatic rings. The summed E-state index contributed by atoms with van der Waals surface area (Å²) in [7, 11) is -1.56. The molecule has 0 atom stereocenters. The molecule has 1 saturated heterocycles. The van der Waals surface area contributed by atoms with Crippen molar-refractivity contribution in [2.24, 2.45) is 5.92 Å². The summed E-state index contributed by atoms with van der Waals surface area (Å²) in [5, 5.41) is 0.569. The first kappa shape index (κ1) is 21.0. The van der Waals surface area contributed by atoms with E-state index >= 15 is 0 Å². The molecule has 1 aromatic carbocycles. The number of sulfone groups is 1. The van der Waals surface area contributed by atoms with Gasteiger partial charge in [-0.15, -0.1) is 0 Å². The molecule has 0 bridgehead atoms. The van der Waals surface area contributed by atoms with Crippen molar-refractivity contribution in [1.29, 1.82) is 0 Å². The van der Waals surface area contributed by atoms with Gasteiger partial charge < -0.3 is 9.64 Å². The number of benzene rings is 1. The van der Waals surface area contributed by atoms with Gasteiger partial charge in [0.15, 0.2) is 9.84 Å². The van der Waals surface area contributed by atoms with Crippen molar-refractivity contribution in [3.05, 3.63) is 28.8 Å². The molecule has 1 aliphatic heterocycles. The maximum absolute atomic E-state index is 12.6. The highest BCUT2D eigenvalue weighted by atomic mass is 35.5. The third kappa shape index (κ3) is 5.13. The largest absolute Gasteiger partial charge is 0.496 e. The van der Waals surface area contributed by atoms with Crippen molar-refractivity contribution in [3.63, 3.8) is 0 Å². The second-order valence-corrected chi connectivity index (χ2v) is 11.1. The maximum atomic E-state index is 12.6. The first-order valence-electron chi connectivity index (χ1n) is 8.86. The van der Waals surface area contributed by atoms with Crippen LogP contribution in [0.3, 0.4) is 0 Å². The number of hydrogen-bond donors (Lipinski definition) is 0. The van der Waals surface area contributed by atoms with Crippen molar-refractivity contribution in [1.82, 2.24) is 4.90 Å². The lowest BCUT2D eigenvalue weighted by atomic mass is 9.98. The quantitative estimate of drug-likeness (QED) is 0.759. The lowest BCUT2D eigenvalue weighted by molar-refractivity contribution is -0.131. The van der Waals surface area contributed by atoms with Crippen LogP contribution < -0.4 is 4.74 Å². The fraction of sp³-hybridized carbons (Fsp3) is 0.632. The van der Waals surface area contributed by atoms with Crippen molar-refractivity contribution in [3.8, 4) is 5.75 Å². The van der Waals surface area contributed by atoms with E-state index in [0.29, 0.717) is 36.7 Å². The first-order valence-corrected chi connectivity index (χ1v) is 10.9. The molecule has 5 nitrogen and oxygen atoms in total. The van der Waals surface area contributed by atoms with Crippen molar-refractivity contribution in [2.75, 3.05) is 26.0 Å². The third-order valence-corrected chi connectivity index (χ3v) is 7.95. The summed E-state index contributed by atoms with van der Waals surface area (Å²) in [6, 6.07) is 5.24. The molecule has 0 saturated carbocycles. The van der Waals surface area contributed by atoms with Gasteiger partial charge in [0.2, 0.25) is 5.91 Å². The van der Waals surface area contributed by atoms with Crippen LogP contribution in [0, 0.1) is 5.92 Å². The summed E-state index contributed by atoms with van der Waals surface area (Å²) < 4.78 is 29.3. The SMILES string of the molecule is COc1ccc(Cl)cc1CC(=O)N1CCC(CS(=O)(=O)C(C)(C)C)CC1. The van der Waals surface area contributed by atoms with Gasteiger partial charge in [-0.2, -0.15) is 0 Å². The van der Waals surface area contributed by atoms with E-state index in [1.54, 1.807) is 51.0 Å². The Morgan fingerprint density at radius 1 is 1.27 bits per heavy atom. The molecule has 0 N–H and O–H groups in total. The minimum Gasteiger partial charge on any atom is -0.496 e. The number of ether oxygens (including phenoxy) is 1. The van der Waals surface area contributed by atoms with Gasteiger partial charge in [0, 0.05) is 23.7 Å². The highest BCUT2D eigenvalue weighted by Crippen LogP contribution is 2.27. The van der Waals surface area contributed by atoms with E-state index < -0.39 is 14.6 Å². The second kappa shape index (κ2) is 8.17. The Balaban J connectivity index is 1.94. The van der Waals surface area contributed by atoms with E-state index in [1.165, 1.54) is 0 Å². The Labute approximate surface area is 161 Å². The van der Waals surface area contributed by atoms with Gasteiger partial charge >= 0.3 is 0 Å². The fourth-order valence-corrected chi connectivity index (χ4v) is 4.72. The van der Waals surface area contributed by atoms with Gasteiger partial charge in [-0.1, -0.05) is 11.6 Å². The molecular weight excluding hydrogens is 374 g/mol. The monoisotopic (exact) mass is 401 g/mol. The topological polar surface area (TPSA) is 63.7 Å². The molecular formula is C19H28ClNO4S. The molecule has 0 spiro atoms. The van der Waals surface area contributed by atoms with Crippen molar-refractivity contribution >= 4 is 27.3 Å².